The van der Waals surface area contributed by atoms with Crippen LogP contribution in [0.4, 0.5) is 0 Å². The van der Waals surface area contributed by atoms with Crippen LogP contribution in [0.1, 0.15) is 11.1 Å². The quantitative estimate of drug-likeness (QED) is 0.251. The molecule has 6 N–H and O–H groups in total. The predicted octanol–water partition coefficient (Wildman–Crippen LogP) is -2.12. The van der Waals surface area contributed by atoms with Gasteiger partial charge in [0, 0.05) is 0 Å². The molecule has 0 spiro atoms. The summed E-state index contributed by atoms with van der Waals surface area (Å²) in [4.78, 5) is 11.6. The minimum atomic E-state index is -2.01. The molecule has 1 aromatic carbocycles. The number of nitrogens with zero attached hydrogens (tertiary/aromatic N) is 1. The Morgan fingerprint density at radius 3 is 2.32 bits per heavy atom. The van der Waals surface area contributed by atoms with Crippen LogP contribution in [0.3, 0.4) is 0 Å². The molecule has 8 heteroatoms. The van der Waals surface area contributed by atoms with Gasteiger partial charge in [0.1, 0.15) is 18.3 Å². The topological polar surface area (TPSA) is 143 Å². The Labute approximate surface area is 127 Å². The van der Waals surface area contributed by atoms with Gasteiger partial charge < -0.3 is 25.5 Å². The van der Waals surface area contributed by atoms with Crippen molar-refractivity contribution < 1.29 is 30.3 Å². The van der Waals surface area contributed by atoms with Crippen LogP contribution >= 0.6 is 0 Å². The number of hydrazone groups is 1. The molecule has 0 fully saturated rings. The molecule has 0 aromatic heterocycles. The smallest absolute Gasteiger partial charge is 0.271 e. The lowest BCUT2D eigenvalue weighted by Gasteiger charge is -2.24. The molecular formula is C14H20N2O6. The van der Waals surface area contributed by atoms with E-state index in [1.54, 1.807) is 12.1 Å². The van der Waals surface area contributed by atoms with Crippen molar-refractivity contribution in [2.75, 3.05) is 6.61 Å². The van der Waals surface area contributed by atoms with E-state index < -0.39 is 36.9 Å². The average Bonchev–Trinajstić information content (AvgIpc) is 2.53. The Bertz CT molecular complexity index is 505. The highest BCUT2D eigenvalue weighted by atomic mass is 16.4. The van der Waals surface area contributed by atoms with Crippen LogP contribution in [0, 0.1) is 6.92 Å². The Morgan fingerprint density at radius 2 is 1.77 bits per heavy atom. The third-order valence-corrected chi connectivity index (χ3v) is 2.99. The molecule has 0 aliphatic rings. The Hall–Kier alpha value is -1.84. The zero-order chi connectivity index (χ0) is 16.7. The zero-order valence-corrected chi connectivity index (χ0v) is 12.0. The van der Waals surface area contributed by atoms with Gasteiger partial charge in [0.25, 0.3) is 5.91 Å². The highest BCUT2D eigenvalue weighted by molar-refractivity contribution is 5.84. The fourth-order valence-electron chi connectivity index (χ4n) is 1.57. The lowest BCUT2D eigenvalue weighted by Crippen LogP contribution is -2.50. The first-order chi connectivity index (χ1) is 10.4. The molecule has 22 heavy (non-hydrogen) atoms. The first-order valence-corrected chi connectivity index (χ1v) is 6.59. The number of amides is 1. The molecule has 0 aliphatic heterocycles. The lowest BCUT2D eigenvalue weighted by molar-refractivity contribution is -0.148. The van der Waals surface area contributed by atoms with Crippen molar-refractivity contribution in [3.8, 4) is 0 Å². The van der Waals surface area contributed by atoms with Crippen LogP contribution in [0.25, 0.3) is 0 Å². The van der Waals surface area contributed by atoms with Crippen molar-refractivity contribution >= 4 is 12.1 Å². The second-order valence-corrected chi connectivity index (χ2v) is 4.82. The molecule has 0 saturated carbocycles. The van der Waals surface area contributed by atoms with Gasteiger partial charge in [-0.1, -0.05) is 29.8 Å². The summed E-state index contributed by atoms with van der Waals surface area (Å²) in [6.45, 7) is 1.10. The Kier molecular flexibility index (Phi) is 7.09. The van der Waals surface area contributed by atoms with E-state index in [0.717, 1.165) is 11.1 Å². The molecule has 0 radical (unpaired) electrons. The predicted molar refractivity (Wildman–Crippen MR) is 78.0 cm³/mol. The molecule has 0 heterocycles. The summed E-state index contributed by atoms with van der Waals surface area (Å²) in [7, 11) is 0. The fraction of sp³-hybridized carbons (Fsp3) is 0.429. The van der Waals surface area contributed by atoms with Crippen molar-refractivity contribution in [1.29, 1.82) is 0 Å². The Balaban J connectivity index is 2.55. The highest BCUT2D eigenvalue weighted by Gasteiger charge is 2.34. The molecule has 1 amide bonds. The van der Waals surface area contributed by atoms with Crippen molar-refractivity contribution in [2.24, 2.45) is 5.10 Å². The molecule has 1 rings (SSSR count). The summed E-state index contributed by atoms with van der Waals surface area (Å²) in [5, 5.41) is 49.9. The van der Waals surface area contributed by atoms with E-state index in [2.05, 4.69) is 5.10 Å². The van der Waals surface area contributed by atoms with Crippen LogP contribution in [-0.4, -0.2) is 68.7 Å². The summed E-state index contributed by atoms with van der Waals surface area (Å²) in [5.74, 6) is -1.06. The first kappa shape index (κ1) is 18.2. The van der Waals surface area contributed by atoms with Crippen molar-refractivity contribution in [1.82, 2.24) is 5.43 Å². The summed E-state index contributed by atoms with van der Waals surface area (Å²) >= 11 is 0. The van der Waals surface area contributed by atoms with E-state index in [9.17, 15) is 20.1 Å². The van der Waals surface area contributed by atoms with Gasteiger partial charge in [-0.25, -0.2) is 5.43 Å². The van der Waals surface area contributed by atoms with E-state index in [-0.39, 0.29) is 0 Å². The van der Waals surface area contributed by atoms with E-state index >= 15 is 0 Å². The average molecular weight is 312 g/mol. The molecule has 4 atom stereocenters. The zero-order valence-electron chi connectivity index (χ0n) is 12.0. The lowest BCUT2D eigenvalue weighted by atomic mass is 10.0. The number of aryl methyl sites for hydroxylation is 1. The number of nitrogens with one attached hydrogen (secondary N) is 1. The van der Waals surface area contributed by atoms with Gasteiger partial charge in [-0.15, -0.1) is 0 Å². The van der Waals surface area contributed by atoms with Crippen LogP contribution in [0.5, 0.6) is 0 Å². The summed E-state index contributed by atoms with van der Waals surface area (Å²) in [6.07, 6.45) is -6.17. The summed E-state index contributed by atoms with van der Waals surface area (Å²) < 4.78 is 0. The number of rotatable bonds is 7. The maximum Gasteiger partial charge on any atom is 0.271 e. The molecule has 0 aliphatic carbocycles. The maximum absolute atomic E-state index is 11.6. The number of aliphatic hydroxyl groups is 5. The van der Waals surface area contributed by atoms with Gasteiger partial charge in [-0.05, 0) is 12.5 Å². The monoisotopic (exact) mass is 312 g/mol. The number of hydrogen-bond acceptors (Lipinski definition) is 7. The molecule has 0 saturated heterocycles. The second-order valence-electron chi connectivity index (χ2n) is 4.82. The van der Waals surface area contributed by atoms with Gasteiger partial charge in [-0.2, -0.15) is 5.10 Å². The number of aliphatic hydroxyl groups excluding tert-OH is 5. The minimum absolute atomic E-state index is 0.719. The summed E-state index contributed by atoms with van der Waals surface area (Å²) in [6, 6.07) is 7.26. The second kappa shape index (κ2) is 8.57. The number of hydrogen-bond donors (Lipinski definition) is 6. The van der Waals surface area contributed by atoms with Crippen molar-refractivity contribution in [2.45, 2.75) is 31.3 Å². The van der Waals surface area contributed by atoms with E-state index in [0.29, 0.717) is 0 Å². The third-order valence-electron chi connectivity index (χ3n) is 2.99. The normalized spacial score (nSPS) is 17.0. The van der Waals surface area contributed by atoms with E-state index in [1.165, 1.54) is 6.21 Å². The number of benzene rings is 1. The number of carbonyl (C=O) groups is 1. The minimum Gasteiger partial charge on any atom is -0.394 e. The SMILES string of the molecule is Cc1ccc(/C=N\NC(=O)[C@H](O)[C@H](O)[C@H](O)[C@H](O)CO)cc1. The van der Waals surface area contributed by atoms with Crippen LogP contribution in [0.15, 0.2) is 29.4 Å². The largest absolute Gasteiger partial charge is 0.394 e. The Morgan fingerprint density at radius 1 is 1.18 bits per heavy atom. The van der Waals surface area contributed by atoms with Gasteiger partial charge in [-0.3, -0.25) is 4.79 Å². The molecule has 8 nitrogen and oxygen atoms in total. The van der Waals surface area contributed by atoms with Crippen LogP contribution in [-0.2, 0) is 4.79 Å². The van der Waals surface area contributed by atoms with Crippen LogP contribution < -0.4 is 5.43 Å². The molecule has 122 valence electrons. The third kappa shape index (κ3) is 5.17. The number of carbonyl (C=O) groups excluding carboxylic acids is 1. The van der Waals surface area contributed by atoms with Gasteiger partial charge in [0.15, 0.2) is 6.10 Å². The maximum atomic E-state index is 11.6. The molecule has 0 unspecified atom stereocenters. The highest BCUT2D eigenvalue weighted by Crippen LogP contribution is 2.05. The van der Waals surface area contributed by atoms with Gasteiger partial charge in [0.2, 0.25) is 0 Å². The van der Waals surface area contributed by atoms with Gasteiger partial charge >= 0.3 is 0 Å². The standard InChI is InChI=1S/C14H20N2O6/c1-8-2-4-9(5-3-8)6-15-16-14(22)13(21)12(20)11(19)10(18)7-17/h2-6,10-13,17-21H,7H2,1H3,(H,16,22)/b15-6-/t10-,11-,12-,13-/m1/s1. The van der Waals surface area contributed by atoms with Crippen molar-refractivity contribution in [3.63, 3.8) is 0 Å². The molecule has 0 bridgehead atoms. The van der Waals surface area contributed by atoms with Gasteiger partial charge in [0.05, 0.1) is 12.8 Å². The fourth-order valence-corrected chi connectivity index (χ4v) is 1.57. The van der Waals surface area contributed by atoms with Crippen molar-refractivity contribution in [3.05, 3.63) is 35.4 Å². The molecule has 1 aromatic rings. The van der Waals surface area contributed by atoms with Crippen LogP contribution in [0.2, 0.25) is 0 Å². The first-order valence-electron chi connectivity index (χ1n) is 6.59. The van der Waals surface area contributed by atoms with E-state index in [4.69, 9.17) is 10.2 Å². The van der Waals surface area contributed by atoms with E-state index in [1.807, 2.05) is 24.5 Å². The molecular weight excluding hydrogens is 292 g/mol. The summed E-state index contributed by atoms with van der Waals surface area (Å²) in [5.41, 5.74) is 3.79.